The molecule has 1 amide bonds. The lowest BCUT2D eigenvalue weighted by Gasteiger charge is -2.32. The Bertz CT molecular complexity index is 538. The summed E-state index contributed by atoms with van der Waals surface area (Å²) in [5, 5.41) is 3.23. The van der Waals surface area contributed by atoms with E-state index in [4.69, 9.17) is 10.5 Å². The summed E-state index contributed by atoms with van der Waals surface area (Å²) < 4.78 is 32.5. The van der Waals surface area contributed by atoms with Crippen molar-refractivity contribution in [2.24, 2.45) is 11.7 Å². The number of para-hydroxylation sites is 1. The molecule has 0 bridgehead atoms. The Morgan fingerprint density at radius 1 is 1.29 bits per heavy atom. The minimum Gasteiger partial charge on any atom is -0.485 e. The van der Waals surface area contributed by atoms with Crippen LogP contribution in [0.3, 0.4) is 0 Å². The molecule has 114 valence electrons. The van der Waals surface area contributed by atoms with Crippen molar-refractivity contribution in [2.75, 3.05) is 6.61 Å². The van der Waals surface area contributed by atoms with Crippen LogP contribution >= 0.6 is 0 Å². The van der Waals surface area contributed by atoms with E-state index in [1.807, 2.05) is 0 Å². The quantitative estimate of drug-likeness (QED) is 0.805. The predicted molar refractivity (Wildman–Crippen MR) is 72.7 cm³/mol. The van der Waals surface area contributed by atoms with Crippen LogP contribution in [0.5, 0.6) is 5.75 Å². The molecule has 0 heterocycles. The highest BCUT2D eigenvalue weighted by Crippen LogP contribution is 2.42. The van der Waals surface area contributed by atoms with E-state index < -0.39 is 28.8 Å². The van der Waals surface area contributed by atoms with Crippen molar-refractivity contribution in [2.45, 2.75) is 37.3 Å². The third kappa shape index (κ3) is 2.85. The molecular weight excluding hydrogens is 278 g/mol. The fraction of sp³-hybridized carbons (Fsp3) is 0.533. The van der Waals surface area contributed by atoms with E-state index >= 15 is 0 Å². The van der Waals surface area contributed by atoms with E-state index in [1.54, 1.807) is 0 Å². The largest absolute Gasteiger partial charge is 0.485 e. The van der Waals surface area contributed by atoms with Crippen LogP contribution in [0.1, 0.15) is 25.7 Å². The van der Waals surface area contributed by atoms with Crippen LogP contribution in [0.25, 0.3) is 0 Å². The number of primary amides is 1. The summed E-state index contributed by atoms with van der Waals surface area (Å²) in [4.78, 5) is 11.9. The topological polar surface area (TPSA) is 64.4 Å². The molecule has 0 saturated heterocycles. The number of carbonyl (C=O) groups is 1. The van der Waals surface area contributed by atoms with Gasteiger partial charge in [-0.05, 0) is 43.7 Å². The first-order valence-electron chi connectivity index (χ1n) is 7.17. The van der Waals surface area contributed by atoms with Crippen LogP contribution < -0.4 is 15.8 Å². The highest BCUT2D eigenvalue weighted by atomic mass is 19.1. The van der Waals surface area contributed by atoms with Crippen molar-refractivity contribution < 1.29 is 18.3 Å². The third-order valence-corrected chi connectivity index (χ3v) is 4.12. The monoisotopic (exact) mass is 296 g/mol. The molecule has 2 aliphatic carbocycles. The molecular formula is C15H18F2N2O2. The first-order valence-corrected chi connectivity index (χ1v) is 7.17. The third-order valence-electron chi connectivity index (χ3n) is 4.12. The van der Waals surface area contributed by atoms with Crippen LogP contribution in [0, 0.1) is 17.6 Å². The van der Waals surface area contributed by atoms with Crippen molar-refractivity contribution in [3.05, 3.63) is 29.8 Å². The Balaban J connectivity index is 1.79. The molecule has 2 aliphatic rings. The summed E-state index contributed by atoms with van der Waals surface area (Å²) in [5.74, 6) is -2.47. The minimum absolute atomic E-state index is 0.0745. The van der Waals surface area contributed by atoms with Gasteiger partial charge in [0.1, 0.15) is 12.1 Å². The average molecular weight is 296 g/mol. The van der Waals surface area contributed by atoms with Gasteiger partial charge in [0.15, 0.2) is 17.4 Å². The Morgan fingerprint density at radius 3 is 2.38 bits per heavy atom. The molecule has 0 aromatic heterocycles. The molecule has 1 aromatic carbocycles. The number of carbonyl (C=O) groups excluding carboxylic acids is 1. The molecule has 0 radical (unpaired) electrons. The van der Waals surface area contributed by atoms with Gasteiger partial charge in [-0.1, -0.05) is 6.07 Å². The van der Waals surface area contributed by atoms with Gasteiger partial charge in [-0.3, -0.25) is 10.1 Å². The maximum atomic E-state index is 13.6. The predicted octanol–water partition coefficient (Wildman–Crippen LogP) is 1.73. The molecule has 0 aliphatic heterocycles. The van der Waals surface area contributed by atoms with Gasteiger partial charge in [-0.2, -0.15) is 0 Å². The Hall–Kier alpha value is -1.69. The maximum absolute atomic E-state index is 13.6. The van der Waals surface area contributed by atoms with Gasteiger partial charge in [0.05, 0.1) is 0 Å². The van der Waals surface area contributed by atoms with E-state index in [9.17, 15) is 13.6 Å². The van der Waals surface area contributed by atoms with E-state index in [2.05, 4.69) is 5.32 Å². The SMILES string of the molecule is NC(=O)C(COc1c(F)cccc1F)(NC1CC1)C1CC1. The molecule has 21 heavy (non-hydrogen) atoms. The fourth-order valence-electron chi connectivity index (χ4n) is 2.60. The van der Waals surface area contributed by atoms with Gasteiger partial charge >= 0.3 is 0 Å². The summed E-state index contributed by atoms with van der Waals surface area (Å²) in [6.07, 6.45) is 3.70. The van der Waals surface area contributed by atoms with Gasteiger partial charge in [0.2, 0.25) is 5.91 Å². The zero-order valence-corrected chi connectivity index (χ0v) is 11.6. The molecule has 4 nitrogen and oxygen atoms in total. The van der Waals surface area contributed by atoms with Gasteiger partial charge in [0, 0.05) is 6.04 Å². The summed E-state index contributed by atoms with van der Waals surface area (Å²) in [6.45, 7) is -0.151. The van der Waals surface area contributed by atoms with Crippen LogP contribution in [-0.2, 0) is 4.79 Å². The smallest absolute Gasteiger partial charge is 0.241 e. The molecule has 2 fully saturated rings. The molecule has 1 atom stereocenters. The fourth-order valence-corrected chi connectivity index (χ4v) is 2.60. The van der Waals surface area contributed by atoms with Crippen molar-refractivity contribution >= 4 is 5.91 Å². The Labute approximate surface area is 121 Å². The summed E-state index contributed by atoms with van der Waals surface area (Å²) in [5.41, 5.74) is 4.53. The van der Waals surface area contributed by atoms with E-state index in [-0.39, 0.29) is 18.6 Å². The number of nitrogens with two attached hydrogens (primary N) is 1. The van der Waals surface area contributed by atoms with Gasteiger partial charge in [0.25, 0.3) is 0 Å². The number of nitrogens with one attached hydrogen (secondary N) is 1. The first kappa shape index (κ1) is 14.3. The highest BCUT2D eigenvalue weighted by molar-refractivity contribution is 5.86. The number of rotatable bonds is 7. The number of halogens is 2. The van der Waals surface area contributed by atoms with Crippen LogP contribution in [0.4, 0.5) is 8.78 Å². The highest BCUT2D eigenvalue weighted by Gasteiger charge is 2.52. The number of ether oxygens (including phenoxy) is 1. The molecule has 3 rings (SSSR count). The number of amides is 1. The van der Waals surface area contributed by atoms with E-state index in [1.165, 1.54) is 6.07 Å². The molecule has 3 N–H and O–H groups in total. The second-order valence-electron chi connectivity index (χ2n) is 5.87. The van der Waals surface area contributed by atoms with E-state index in [0.717, 1.165) is 37.8 Å². The summed E-state index contributed by atoms with van der Waals surface area (Å²) >= 11 is 0. The lowest BCUT2D eigenvalue weighted by molar-refractivity contribution is -0.127. The lowest BCUT2D eigenvalue weighted by atomic mass is 9.93. The molecule has 0 spiro atoms. The zero-order chi connectivity index (χ0) is 15.0. The molecule has 6 heteroatoms. The normalized spacial score (nSPS) is 20.9. The Morgan fingerprint density at radius 2 is 1.90 bits per heavy atom. The second kappa shape index (κ2) is 5.26. The van der Waals surface area contributed by atoms with Crippen molar-refractivity contribution in [3.63, 3.8) is 0 Å². The number of hydrogen-bond acceptors (Lipinski definition) is 3. The van der Waals surface area contributed by atoms with E-state index in [0.29, 0.717) is 0 Å². The number of benzene rings is 1. The Kier molecular flexibility index (Phi) is 3.57. The lowest BCUT2D eigenvalue weighted by Crippen LogP contribution is -2.61. The van der Waals surface area contributed by atoms with Gasteiger partial charge in [-0.15, -0.1) is 0 Å². The van der Waals surface area contributed by atoms with Crippen molar-refractivity contribution in [1.82, 2.24) is 5.32 Å². The first-order chi connectivity index (χ1) is 10.0. The molecule has 2 saturated carbocycles. The van der Waals surface area contributed by atoms with Crippen molar-refractivity contribution in [1.29, 1.82) is 0 Å². The summed E-state index contributed by atoms with van der Waals surface area (Å²) in [6, 6.07) is 3.75. The maximum Gasteiger partial charge on any atom is 0.241 e. The average Bonchev–Trinajstić information content (AvgIpc) is 3.29. The van der Waals surface area contributed by atoms with Crippen LogP contribution in [-0.4, -0.2) is 24.1 Å². The zero-order valence-electron chi connectivity index (χ0n) is 11.6. The second-order valence-corrected chi connectivity index (χ2v) is 5.87. The summed E-state index contributed by atoms with van der Waals surface area (Å²) in [7, 11) is 0. The van der Waals surface area contributed by atoms with Crippen LogP contribution in [0.2, 0.25) is 0 Å². The minimum atomic E-state index is -1.03. The standard InChI is InChI=1S/C15H18F2N2O2/c16-11-2-1-3-12(17)13(11)21-8-15(14(18)20,9-4-5-9)19-10-6-7-10/h1-3,9-10,19H,4-8H2,(H2,18,20). The molecule has 1 aromatic rings. The van der Waals surface area contributed by atoms with Gasteiger partial charge in [-0.25, -0.2) is 8.78 Å². The number of hydrogen-bond donors (Lipinski definition) is 2. The van der Waals surface area contributed by atoms with Crippen molar-refractivity contribution in [3.8, 4) is 5.75 Å². The van der Waals surface area contributed by atoms with Crippen LogP contribution in [0.15, 0.2) is 18.2 Å². The molecule has 1 unspecified atom stereocenters. The van der Waals surface area contributed by atoms with Gasteiger partial charge < -0.3 is 10.5 Å².